The van der Waals surface area contributed by atoms with Crippen molar-refractivity contribution < 1.29 is 14.4 Å². The van der Waals surface area contributed by atoms with E-state index >= 15 is 0 Å². The smallest absolute Gasteiger partial charge is 0.237 e. The van der Waals surface area contributed by atoms with Gasteiger partial charge in [-0.2, -0.15) is 0 Å². The van der Waals surface area contributed by atoms with E-state index < -0.39 is 0 Å². The van der Waals surface area contributed by atoms with Crippen LogP contribution in [0.15, 0.2) is 30.3 Å². The minimum atomic E-state index is -0.104. The molecule has 180 valence electrons. The van der Waals surface area contributed by atoms with E-state index in [2.05, 4.69) is 10.2 Å². The molecule has 2 saturated heterocycles. The van der Waals surface area contributed by atoms with Gasteiger partial charge in [-0.1, -0.05) is 43.2 Å². The second-order valence-corrected chi connectivity index (χ2v) is 9.70. The summed E-state index contributed by atoms with van der Waals surface area (Å²) in [6.45, 7) is 5.05. The molecule has 0 spiro atoms. The molecule has 0 aromatic heterocycles. The molecular formula is C26H38N4O3. The number of nitrogens with one attached hydrogen (secondary N) is 1. The van der Waals surface area contributed by atoms with Crippen LogP contribution in [0.3, 0.4) is 0 Å². The van der Waals surface area contributed by atoms with Gasteiger partial charge in [0.25, 0.3) is 0 Å². The second kappa shape index (κ2) is 11.6. The van der Waals surface area contributed by atoms with E-state index in [1.54, 1.807) is 0 Å². The number of rotatable bonds is 9. The number of likely N-dealkylation sites (tertiary alicyclic amines) is 1. The molecule has 7 nitrogen and oxygen atoms in total. The van der Waals surface area contributed by atoms with Gasteiger partial charge in [-0.15, -0.1) is 0 Å². The van der Waals surface area contributed by atoms with Crippen LogP contribution >= 0.6 is 0 Å². The van der Waals surface area contributed by atoms with Crippen molar-refractivity contribution in [3.05, 3.63) is 35.9 Å². The Morgan fingerprint density at radius 2 is 1.70 bits per heavy atom. The summed E-state index contributed by atoms with van der Waals surface area (Å²) in [6, 6.07) is 9.78. The number of hydrogen-bond acceptors (Lipinski definition) is 4. The van der Waals surface area contributed by atoms with Crippen LogP contribution in [0.4, 0.5) is 0 Å². The molecular weight excluding hydrogens is 416 g/mol. The van der Waals surface area contributed by atoms with Crippen LogP contribution in [0.1, 0.15) is 50.5 Å². The van der Waals surface area contributed by atoms with Gasteiger partial charge >= 0.3 is 0 Å². The molecule has 1 aromatic carbocycles. The number of hydrogen-bond donors (Lipinski definition) is 1. The molecule has 1 aliphatic carbocycles. The van der Waals surface area contributed by atoms with E-state index in [9.17, 15) is 14.4 Å². The second-order valence-electron chi connectivity index (χ2n) is 9.70. The average molecular weight is 455 g/mol. The van der Waals surface area contributed by atoms with Crippen molar-refractivity contribution in [2.45, 2.75) is 57.4 Å². The predicted octanol–water partition coefficient (Wildman–Crippen LogP) is 2.06. The Bertz CT molecular complexity index is 801. The maximum Gasteiger partial charge on any atom is 0.237 e. The fourth-order valence-electron chi connectivity index (χ4n) is 5.61. The van der Waals surface area contributed by atoms with Gasteiger partial charge in [-0.3, -0.25) is 19.3 Å². The van der Waals surface area contributed by atoms with Crippen molar-refractivity contribution in [3.63, 3.8) is 0 Å². The first-order valence-electron chi connectivity index (χ1n) is 12.7. The normalized spacial score (nSPS) is 20.9. The number of benzene rings is 1. The van der Waals surface area contributed by atoms with E-state index in [0.717, 1.165) is 57.4 Å². The van der Waals surface area contributed by atoms with Crippen LogP contribution < -0.4 is 5.32 Å². The van der Waals surface area contributed by atoms with Crippen LogP contribution in [0.5, 0.6) is 0 Å². The van der Waals surface area contributed by atoms with Gasteiger partial charge in [-0.25, -0.2) is 0 Å². The highest BCUT2D eigenvalue weighted by molar-refractivity contribution is 5.82. The van der Waals surface area contributed by atoms with E-state index in [0.29, 0.717) is 38.4 Å². The van der Waals surface area contributed by atoms with Crippen molar-refractivity contribution in [1.82, 2.24) is 20.0 Å². The Morgan fingerprint density at radius 1 is 0.970 bits per heavy atom. The molecule has 1 unspecified atom stereocenters. The summed E-state index contributed by atoms with van der Waals surface area (Å²) in [5, 5.41) is 3.16. The number of amides is 3. The van der Waals surface area contributed by atoms with Gasteiger partial charge in [0.1, 0.15) is 0 Å². The van der Waals surface area contributed by atoms with Crippen molar-refractivity contribution in [3.8, 4) is 0 Å². The topological polar surface area (TPSA) is 73.0 Å². The van der Waals surface area contributed by atoms with Crippen molar-refractivity contribution in [2.75, 3.05) is 45.8 Å². The zero-order valence-corrected chi connectivity index (χ0v) is 19.7. The molecule has 3 aliphatic rings. The first kappa shape index (κ1) is 23.7. The summed E-state index contributed by atoms with van der Waals surface area (Å²) in [5.74, 6) is 0.930. The molecule has 2 heterocycles. The summed E-state index contributed by atoms with van der Waals surface area (Å²) >= 11 is 0. The Hall–Kier alpha value is -2.41. The highest BCUT2D eigenvalue weighted by atomic mass is 16.2. The van der Waals surface area contributed by atoms with Crippen LogP contribution in [-0.2, 0) is 20.8 Å². The summed E-state index contributed by atoms with van der Waals surface area (Å²) in [5.41, 5.74) is 1.05. The quantitative estimate of drug-likeness (QED) is 0.580. The number of piperazine rings is 1. The molecule has 0 radical (unpaired) electrons. The zero-order valence-electron chi connectivity index (χ0n) is 19.7. The molecule has 4 rings (SSSR count). The number of carbonyl (C=O) groups is 3. The van der Waals surface area contributed by atoms with Gasteiger partial charge in [0.2, 0.25) is 17.7 Å². The van der Waals surface area contributed by atoms with Gasteiger partial charge in [0.15, 0.2) is 0 Å². The van der Waals surface area contributed by atoms with Crippen molar-refractivity contribution in [1.29, 1.82) is 0 Å². The molecule has 3 fully saturated rings. The lowest BCUT2D eigenvalue weighted by atomic mass is 9.95. The molecule has 0 bridgehead atoms. The van der Waals surface area contributed by atoms with Crippen LogP contribution in [0, 0.1) is 5.92 Å². The lowest BCUT2D eigenvalue weighted by Crippen LogP contribution is -2.58. The SMILES string of the molecule is O=C(NCCCN1CCCC1=O)C(C1CCCC1)N1CCN(C(=O)Cc2ccccc2)CC1. The maximum atomic E-state index is 13.2. The van der Waals surface area contributed by atoms with Crippen LogP contribution in [-0.4, -0.2) is 84.3 Å². The van der Waals surface area contributed by atoms with Crippen molar-refractivity contribution >= 4 is 17.7 Å². The van der Waals surface area contributed by atoms with Crippen molar-refractivity contribution in [2.24, 2.45) is 5.92 Å². The van der Waals surface area contributed by atoms with E-state index in [1.807, 2.05) is 40.1 Å². The molecule has 33 heavy (non-hydrogen) atoms. The fourth-order valence-corrected chi connectivity index (χ4v) is 5.61. The minimum absolute atomic E-state index is 0.104. The van der Waals surface area contributed by atoms with E-state index in [-0.39, 0.29) is 23.8 Å². The third-order valence-electron chi connectivity index (χ3n) is 7.45. The number of carbonyl (C=O) groups excluding carboxylic acids is 3. The fraction of sp³-hybridized carbons (Fsp3) is 0.654. The highest BCUT2D eigenvalue weighted by Gasteiger charge is 2.37. The molecule has 1 N–H and O–H groups in total. The number of nitrogens with zero attached hydrogens (tertiary/aromatic N) is 3. The standard InChI is InChI=1S/C26H38N4O3/c31-23-12-6-14-28(23)15-7-13-27-26(33)25(22-10-4-5-11-22)30-18-16-29(17-19-30)24(32)20-21-8-2-1-3-9-21/h1-3,8-9,22,25H,4-7,10-20H2,(H,27,33). The average Bonchev–Trinajstić information content (AvgIpc) is 3.50. The zero-order chi connectivity index (χ0) is 23.0. The largest absolute Gasteiger partial charge is 0.355 e. The van der Waals surface area contributed by atoms with Crippen LogP contribution in [0.25, 0.3) is 0 Å². The molecule has 3 amide bonds. The first-order chi connectivity index (χ1) is 16.1. The summed E-state index contributed by atoms with van der Waals surface area (Å²) < 4.78 is 0. The van der Waals surface area contributed by atoms with Gasteiger partial charge in [0, 0.05) is 52.2 Å². The van der Waals surface area contributed by atoms with E-state index in [1.165, 1.54) is 12.8 Å². The monoisotopic (exact) mass is 454 g/mol. The predicted molar refractivity (Wildman–Crippen MR) is 127 cm³/mol. The summed E-state index contributed by atoms with van der Waals surface area (Å²) in [4.78, 5) is 43.9. The highest BCUT2D eigenvalue weighted by Crippen LogP contribution is 2.31. The Kier molecular flexibility index (Phi) is 8.37. The summed E-state index contributed by atoms with van der Waals surface area (Å²) in [6.07, 6.45) is 7.46. The molecule has 7 heteroatoms. The lowest BCUT2D eigenvalue weighted by Gasteiger charge is -2.40. The maximum absolute atomic E-state index is 13.2. The van der Waals surface area contributed by atoms with Gasteiger partial charge in [0.05, 0.1) is 12.5 Å². The van der Waals surface area contributed by atoms with Gasteiger partial charge < -0.3 is 15.1 Å². The Labute approximate surface area is 197 Å². The Morgan fingerprint density at radius 3 is 2.36 bits per heavy atom. The molecule has 2 aliphatic heterocycles. The third kappa shape index (κ3) is 6.34. The third-order valence-corrected chi connectivity index (χ3v) is 7.45. The van der Waals surface area contributed by atoms with Crippen LogP contribution in [0.2, 0.25) is 0 Å². The molecule has 1 atom stereocenters. The summed E-state index contributed by atoms with van der Waals surface area (Å²) in [7, 11) is 0. The lowest BCUT2D eigenvalue weighted by molar-refractivity contribution is -0.134. The minimum Gasteiger partial charge on any atom is -0.355 e. The van der Waals surface area contributed by atoms with E-state index in [4.69, 9.17) is 0 Å². The Balaban J connectivity index is 1.26. The molecule has 1 aromatic rings. The first-order valence-corrected chi connectivity index (χ1v) is 12.7. The van der Waals surface area contributed by atoms with Gasteiger partial charge in [-0.05, 0) is 37.2 Å². The molecule has 1 saturated carbocycles.